The smallest absolute Gasteiger partial charge is 0.340 e. The van der Waals surface area contributed by atoms with Gasteiger partial charge in [-0.1, -0.05) is 18.2 Å². The van der Waals surface area contributed by atoms with E-state index in [0.717, 1.165) is 27.5 Å². The Hall–Kier alpha value is -3.49. The molecule has 0 aliphatic carbocycles. The first kappa shape index (κ1) is 18.3. The summed E-state index contributed by atoms with van der Waals surface area (Å²) in [6.07, 6.45) is 0. The summed E-state index contributed by atoms with van der Waals surface area (Å²) in [5, 5.41) is 10.4. The van der Waals surface area contributed by atoms with Gasteiger partial charge in [-0.15, -0.1) is 4.91 Å². The van der Waals surface area contributed by atoms with Gasteiger partial charge in [0.15, 0.2) is 0 Å². The standard InChI is InChI=1S/C18H20N6O3/c1-11-16-13(12-6-4-5-7-14(12)21-16)10-15(23(11)2)17(25)19-8-9-20-18(26)24(3)22-27/h4-7,10H,8-9H2,1-3H3,(H2,19,20,25,26)/p+1. The van der Waals surface area contributed by atoms with Crippen LogP contribution in [0.15, 0.2) is 35.6 Å². The lowest BCUT2D eigenvalue weighted by molar-refractivity contribution is -0.678. The van der Waals surface area contributed by atoms with E-state index in [-0.39, 0.29) is 19.0 Å². The first-order chi connectivity index (χ1) is 12.9. The topological polar surface area (TPSA) is 111 Å². The Bertz CT molecular complexity index is 1040. The van der Waals surface area contributed by atoms with E-state index < -0.39 is 6.03 Å². The molecule has 3 N–H and O–H groups in total. The normalized spacial score (nSPS) is 10.8. The average molecular weight is 369 g/mol. The van der Waals surface area contributed by atoms with Crippen LogP contribution in [-0.2, 0) is 7.05 Å². The third kappa shape index (κ3) is 3.43. The van der Waals surface area contributed by atoms with Gasteiger partial charge in [0.25, 0.3) is 5.69 Å². The zero-order valence-electron chi connectivity index (χ0n) is 15.4. The molecule has 3 amide bonds. The summed E-state index contributed by atoms with van der Waals surface area (Å²) in [5.74, 6) is -0.246. The van der Waals surface area contributed by atoms with Crippen molar-refractivity contribution in [2.24, 2.45) is 12.3 Å². The average Bonchev–Trinajstić information content (AvgIpc) is 3.05. The van der Waals surface area contributed by atoms with Crippen LogP contribution in [0.5, 0.6) is 0 Å². The number of amides is 3. The van der Waals surface area contributed by atoms with Crippen molar-refractivity contribution in [3.05, 3.63) is 46.6 Å². The van der Waals surface area contributed by atoms with Crippen molar-refractivity contribution in [2.45, 2.75) is 6.92 Å². The Labute approximate surface area is 155 Å². The van der Waals surface area contributed by atoms with Crippen molar-refractivity contribution in [2.75, 3.05) is 20.1 Å². The second kappa shape index (κ2) is 7.40. The summed E-state index contributed by atoms with van der Waals surface area (Å²) in [6.45, 7) is 2.36. The second-order valence-corrected chi connectivity index (χ2v) is 6.23. The van der Waals surface area contributed by atoms with Crippen molar-refractivity contribution in [3.63, 3.8) is 0 Å². The number of aromatic amines is 1. The number of para-hydroxylation sites is 1. The number of nitrogens with one attached hydrogen (secondary N) is 3. The highest BCUT2D eigenvalue weighted by atomic mass is 16.3. The first-order valence-corrected chi connectivity index (χ1v) is 8.47. The summed E-state index contributed by atoms with van der Waals surface area (Å²) >= 11 is 0. The van der Waals surface area contributed by atoms with Gasteiger partial charge < -0.3 is 15.6 Å². The predicted octanol–water partition coefficient (Wildman–Crippen LogP) is 1.51. The number of rotatable bonds is 5. The molecule has 0 bridgehead atoms. The molecule has 2 aromatic heterocycles. The molecule has 0 aliphatic heterocycles. The molecule has 0 saturated heterocycles. The minimum absolute atomic E-state index is 0.183. The lowest BCUT2D eigenvalue weighted by atomic mass is 10.1. The molecule has 0 unspecified atom stereocenters. The number of benzene rings is 1. The number of fused-ring (bicyclic) bond motifs is 3. The highest BCUT2D eigenvalue weighted by Gasteiger charge is 2.23. The molecule has 0 atom stereocenters. The molecule has 3 rings (SSSR count). The van der Waals surface area contributed by atoms with Crippen LogP contribution in [0.25, 0.3) is 21.8 Å². The largest absolute Gasteiger partial charge is 0.349 e. The number of nitrogens with zero attached hydrogens (tertiary/aromatic N) is 3. The van der Waals surface area contributed by atoms with Gasteiger partial charge in [0, 0.05) is 49.4 Å². The Morgan fingerprint density at radius 2 is 1.89 bits per heavy atom. The fraction of sp³-hybridized carbons (Fsp3) is 0.278. The van der Waals surface area contributed by atoms with Gasteiger partial charge >= 0.3 is 11.9 Å². The molecule has 2 heterocycles. The van der Waals surface area contributed by atoms with E-state index in [4.69, 9.17) is 0 Å². The number of carbonyl (C=O) groups excluding carboxylic acids is 2. The van der Waals surface area contributed by atoms with E-state index in [2.05, 4.69) is 20.9 Å². The van der Waals surface area contributed by atoms with E-state index in [1.54, 1.807) is 0 Å². The molecule has 0 aliphatic rings. The number of H-pyrrole nitrogens is 1. The van der Waals surface area contributed by atoms with Gasteiger partial charge in [-0.25, -0.2) is 4.79 Å². The molecule has 3 aromatic rings. The van der Waals surface area contributed by atoms with Gasteiger partial charge in [-0.3, -0.25) is 4.79 Å². The van der Waals surface area contributed by atoms with Crippen molar-refractivity contribution in [3.8, 4) is 0 Å². The van der Waals surface area contributed by atoms with E-state index in [9.17, 15) is 14.5 Å². The SMILES string of the molecule is Cc1c2[nH]c3ccccc3c2cc(C(=O)NCCNC(=O)N(C)N=O)[n+]1C. The summed E-state index contributed by atoms with van der Waals surface area (Å²) in [4.78, 5) is 37.7. The van der Waals surface area contributed by atoms with Crippen molar-refractivity contribution in [1.29, 1.82) is 0 Å². The van der Waals surface area contributed by atoms with Crippen LogP contribution < -0.4 is 15.2 Å². The maximum atomic E-state index is 12.6. The fourth-order valence-corrected chi connectivity index (χ4v) is 2.99. The molecule has 0 saturated carbocycles. The number of carbonyl (C=O) groups is 2. The van der Waals surface area contributed by atoms with Crippen molar-refractivity contribution >= 4 is 33.7 Å². The van der Waals surface area contributed by atoms with E-state index in [1.807, 2.05) is 48.9 Å². The molecule has 1 aromatic carbocycles. The van der Waals surface area contributed by atoms with Crippen LogP contribution in [0, 0.1) is 11.8 Å². The van der Waals surface area contributed by atoms with Gasteiger partial charge in [-0.2, -0.15) is 9.58 Å². The van der Waals surface area contributed by atoms with Crippen LogP contribution >= 0.6 is 0 Å². The molecule has 0 fully saturated rings. The maximum absolute atomic E-state index is 12.6. The number of hydrogen-bond donors (Lipinski definition) is 3. The first-order valence-electron chi connectivity index (χ1n) is 8.47. The van der Waals surface area contributed by atoms with Gasteiger partial charge in [0.2, 0.25) is 5.69 Å². The molecule has 27 heavy (non-hydrogen) atoms. The van der Waals surface area contributed by atoms with E-state index >= 15 is 0 Å². The molecular weight excluding hydrogens is 348 g/mol. The van der Waals surface area contributed by atoms with Crippen molar-refractivity contribution in [1.82, 2.24) is 20.6 Å². The summed E-state index contributed by atoms with van der Waals surface area (Å²) < 4.78 is 1.83. The highest BCUT2D eigenvalue weighted by molar-refractivity contribution is 6.09. The summed E-state index contributed by atoms with van der Waals surface area (Å²) in [7, 11) is 3.09. The number of hydrogen-bond acceptors (Lipinski definition) is 4. The second-order valence-electron chi connectivity index (χ2n) is 6.23. The van der Waals surface area contributed by atoms with Gasteiger partial charge in [-0.05, 0) is 6.07 Å². The monoisotopic (exact) mass is 369 g/mol. The number of nitroso groups, excluding NO2 is 1. The zero-order chi connectivity index (χ0) is 19.6. The van der Waals surface area contributed by atoms with Crippen LogP contribution in [-0.4, -0.2) is 42.1 Å². The van der Waals surface area contributed by atoms with Gasteiger partial charge in [0.1, 0.15) is 12.6 Å². The molecule has 0 radical (unpaired) electrons. The highest BCUT2D eigenvalue weighted by Crippen LogP contribution is 2.26. The Morgan fingerprint density at radius 3 is 2.63 bits per heavy atom. The molecule has 9 heteroatoms. The summed E-state index contributed by atoms with van der Waals surface area (Å²) in [5.41, 5.74) is 3.47. The lowest BCUT2D eigenvalue weighted by Crippen LogP contribution is -2.45. The molecule has 9 nitrogen and oxygen atoms in total. The Morgan fingerprint density at radius 1 is 1.19 bits per heavy atom. The zero-order valence-corrected chi connectivity index (χ0v) is 15.4. The lowest BCUT2D eigenvalue weighted by Gasteiger charge is -2.09. The summed E-state index contributed by atoms with van der Waals surface area (Å²) in [6, 6.07) is 9.18. The minimum atomic E-state index is -0.624. The van der Waals surface area contributed by atoms with Crippen molar-refractivity contribution < 1.29 is 14.2 Å². The van der Waals surface area contributed by atoms with E-state index in [1.165, 1.54) is 7.05 Å². The quantitative estimate of drug-likeness (QED) is 0.274. The number of urea groups is 1. The minimum Gasteiger partial charge on any atom is -0.349 e. The van der Waals surface area contributed by atoms with Crippen LogP contribution in [0.1, 0.15) is 16.2 Å². The van der Waals surface area contributed by atoms with E-state index in [0.29, 0.717) is 10.7 Å². The Balaban J connectivity index is 1.78. The third-order valence-electron chi connectivity index (χ3n) is 4.59. The maximum Gasteiger partial charge on any atom is 0.340 e. The molecular formula is C18H21N6O3+. The van der Waals surface area contributed by atoms with Gasteiger partial charge in [0.05, 0.1) is 5.29 Å². The third-order valence-corrected chi connectivity index (χ3v) is 4.59. The molecule has 0 spiro atoms. The fourth-order valence-electron chi connectivity index (χ4n) is 2.99. The Kier molecular flexibility index (Phi) is 5.02. The van der Waals surface area contributed by atoms with Crippen LogP contribution in [0.2, 0.25) is 0 Å². The van der Waals surface area contributed by atoms with Crippen LogP contribution in [0.3, 0.4) is 0 Å². The molecule has 140 valence electrons. The number of aryl methyl sites for hydroxylation is 1. The number of pyridine rings is 1. The van der Waals surface area contributed by atoms with Crippen LogP contribution in [0.4, 0.5) is 4.79 Å². The predicted molar refractivity (Wildman–Crippen MR) is 101 cm³/mol. The number of aromatic nitrogens is 2.